The van der Waals surface area contributed by atoms with Crippen molar-refractivity contribution in [2.24, 2.45) is 4.99 Å². The van der Waals surface area contributed by atoms with E-state index in [9.17, 15) is 9.59 Å². The van der Waals surface area contributed by atoms with Gasteiger partial charge in [0.15, 0.2) is 4.80 Å². The van der Waals surface area contributed by atoms with Gasteiger partial charge in [-0.05, 0) is 72.2 Å². The molecule has 200 valence electrons. The van der Waals surface area contributed by atoms with Crippen molar-refractivity contribution in [3.8, 4) is 5.75 Å². The molecule has 0 saturated carbocycles. The Kier molecular flexibility index (Phi) is 8.77. The molecule has 0 amide bonds. The monoisotopic (exact) mass is 754 g/mol. The lowest BCUT2D eigenvalue weighted by Gasteiger charge is -2.23. The predicted molar refractivity (Wildman–Crippen MR) is 167 cm³/mol. The van der Waals surface area contributed by atoms with Gasteiger partial charge in [-0.15, -0.1) is 11.3 Å². The molecule has 0 bridgehead atoms. The molecule has 11 heteroatoms. The van der Waals surface area contributed by atoms with E-state index in [0.29, 0.717) is 31.4 Å². The molecule has 1 aliphatic rings. The second-order valence-corrected chi connectivity index (χ2v) is 13.0. The smallest absolute Gasteiger partial charge is 0.338 e. The number of esters is 1. The standard InChI is InChI=1S/C28H21BrClIN2O4S2/c1-3-36-27(35)23-15(2)32-28-33(24(23)21-9-6-10-38-21)26(34)22(39-28)12-17-11-18(29)13-20(31)25(17)37-14-16-7-4-5-8-19(16)30/h4-13,24H,3,14H2,1-2H3/b22-12-/t24-/m0/s1. The lowest BCUT2D eigenvalue weighted by molar-refractivity contribution is -0.139. The molecule has 0 unspecified atom stereocenters. The minimum absolute atomic E-state index is 0.232. The first-order chi connectivity index (χ1) is 18.8. The van der Waals surface area contributed by atoms with Gasteiger partial charge in [0.05, 0.1) is 26.0 Å². The Morgan fingerprint density at radius 2 is 2.05 bits per heavy atom. The largest absolute Gasteiger partial charge is 0.487 e. The fourth-order valence-electron chi connectivity index (χ4n) is 4.25. The molecule has 1 aliphatic heterocycles. The lowest BCUT2D eigenvalue weighted by Crippen LogP contribution is -2.39. The highest BCUT2D eigenvalue weighted by atomic mass is 127. The van der Waals surface area contributed by atoms with Gasteiger partial charge >= 0.3 is 5.97 Å². The number of rotatable bonds is 7. The molecule has 4 aromatic rings. The van der Waals surface area contributed by atoms with Crippen LogP contribution < -0.4 is 19.6 Å². The molecule has 0 spiro atoms. The highest BCUT2D eigenvalue weighted by molar-refractivity contribution is 14.1. The second-order valence-electron chi connectivity index (χ2n) is 8.50. The summed E-state index contributed by atoms with van der Waals surface area (Å²) in [5.74, 6) is 0.172. The van der Waals surface area contributed by atoms with Crippen molar-refractivity contribution in [3.05, 3.63) is 114 Å². The van der Waals surface area contributed by atoms with Crippen molar-refractivity contribution in [2.75, 3.05) is 6.61 Å². The lowest BCUT2D eigenvalue weighted by atomic mass is 10.0. The number of nitrogens with zero attached hydrogens (tertiary/aromatic N) is 2. The molecule has 0 saturated heterocycles. The molecule has 2 aromatic carbocycles. The summed E-state index contributed by atoms with van der Waals surface area (Å²) in [7, 11) is 0. The number of hydrogen-bond donors (Lipinski definition) is 0. The van der Waals surface area contributed by atoms with Gasteiger partial charge in [-0.3, -0.25) is 9.36 Å². The van der Waals surface area contributed by atoms with E-state index < -0.39 is 12.0 Å². The number of benzene rings is 2. The zero-order valence-electron chi connectivity index (χ0n) is 20.7. The zero-order chi connectivity index (χ0) is 27.7. The maximum absolute atomic E-state index is 13.9. The number of thiophene rings is 1. The van der Waals surface area contributed by atoms with E-state index in [1.54, 1.807) is 18.4 Å². The van der Waals surface area contributed by atoms with Crippen LogP contribution in [0.2, 0.25) is 5.02 Å². The Morgan fingerprint density at radius 1 is 1.26 bits per heavy atom. The normalized spacial score (nSPS) is 15.2. The highest BCUT2D eigenvalue weighted by Gasteiger charge is 2.34. The van der Waals surface area contributed by atoms with Gasteiger partial charge in [-0.2, -0.15) is 0 Å². The third-order valence-electron chi connectivity index (χ3n) is 5.98. The van der Waals surface area contributed by atoms with Crippen LogP contribution in [0.25, 0.3) is 6.08 Å². The van der Waals surface area contributed by atoms with Crippen molar-refractivity contribution in [2.45, 2.75) is 26.5 Å². The van der Waals surface area contributed by atoms with Crippen molar-refractivity contribution >= 4 is 84.8 Å². The zero-order valence-corrected chi connectivity index (χ0v) is 26.9. The molecule has 3 heterocycles. The van der Waals surface area contributed by atoms with E-state index in [2.05, 4.69) is 43.5 Å². The van der Waals surface area contributed by atoms with Gasteiger partial charge in [-0.25, -0.2) is 9.79 Å². The molecule has 1 atom stereocenters. The highest BCUT2D eigenvalue weighted by Crippen LogP contribution is 2.34. The van der Waals surface area contributed by atoms with Crippen LogP contribution in [0.15, 0.2) is 79.4 Å². The molecular formula is C28H21BrClIN2O4S2. The van der Waals surface area contributed by atoms with Crippen molar-refractivity contribution in [1.29, 1.82) is 0 Å². The summed E-state index contributed by atoms with van der Waals surface area (Å²) >= 11 is 14.9. The summed E-state index contributed by atoms with van der Waals surface area (Å²) in [6, 6.07) is 14.6. The maximum atomic E-state index is 13.9. The van der Waals surface area contributed by atoms with Crippen LogP contribution in [-0.2, 0) is 16.1 Å². The van der Waals surface area contributed by atoms with Crippen LogP contribution in [0.3, 0.4) is 0 Å². The number of thiazole rings is 1. The summed E-state index contributed by atoms with van der Waals surface area (Å²) in [5, 5.41) is 2.55. The van der Waals surface area contributed by atoms with Crippen molar-refractivity contribution in [3.63, 3.8) is 0 Å². The molecular weight excluding hydrogens is 735 g/mol. The van der Waals surface area contributed by atoms with Crippen LogP contribution in [0.4, 0.5) is 0 Å². The van der Waals surface area contributed by atoms with E-state index in [1.807, 2.05) is 60.0 Å². The number of aromatic nitrogens is 1. The van der Waals surface area contributed by atoms with Crippen LogP contribution >= 0.6 is 72.8 Å². The average Bonchev–Trinajstić information content (AvgIpc) is 3.52. The van der Waals surface area contributed by atoms with Crippen LogP contribution in [-0.4, -0.2) is 17.1 Å². The predicted octanol–water partition coefficient (Wildman–Crippen LogP) is 6.46. The first-order valence-electron chi connectivity index (χ1n) is 11.9. The molecule has 6 nitrogen and oxygen atoms in total. The van der Waals surface area contributed by atoms with E-state index >= 15 is 0 Å². The first-order valence-corrected chi connectivity index (χ1v) is 15.8. The first kappa shape index (κ1) is 28.3. The number of carbonyl (C=O) groups is 1. The molecule has 2 aromatic heterocycles. The quantitative estimate of drug-likeness (QED) is 0.161. The molecule has 0 aliphatic carbocycles. The Labute approximate surface area is 259 Å². The minimum atomic E-state index is -0.610. The van der Waals surface area contributed by atoms with Crippen molar-refractivity contribution < 1.29 is 14.3 Å². The molecule has 39 heavy (non-hydrogen) atoms. The van der Waals surface area contributed by atoms with Gasteiger partial charge < -0.3 is 9.47 Å². The maximum Gasteiger partial charge on any atom is 0.338 e. The molecule has 0 N–H and O–H groups in total. The summed E-state index contributed by atoms with van der Waals surface area (Å²) in [6.45, 7) is 4.05. The van der Waals surface area contributed by atoms with E-state index in [4.69, 9.17) is 21.1 Å². The van der Waals surface area contributed by atoms with Gasteiger partial charge in [-0.1, -0.05) is 63.1 Å². The number of fused-ring (bicyclic) bond motifs is 1. The van der Waals surface area contributed by atoms with E-state index in [-0.39, 0.29) is 18.8 Å². The average molecular weight is 756 g/mol. The van der Waals surface area contributed by atoms with E-state index in [1.165, 1.54) is 22.7 Å². The molecule has 5 rings (SSSR count). The summed E-state index contributed by atoms with van der Waals surface area (Å²) in [6.07, 6.45) is 1.81. The van der Waals surface area contributed by atoms with Crippen LogP contribution in [0.1, 0.15) is 35.9 Å². The number of hydrogen-bond acceptors (Lipinski definition) is 7. The topological polar surface area (TPSA) is 69.9 Å². The Hall–Kier alpha value is -2.25. The van der Waals surface area contributed by atoms with E-state index in [0.717, 1.165) is 24.0 Å². The summed E-state index contributed by atoms with van der Waals surface area (Å²) in [4.78, 5) is 32.9. The minimum Gasteiger partial charge on any atom is -0.487 e. The number of carbonyl (C=O) groups excluding carboxylic acids is 1. The van der Waals surface area contributed by atoms with Gasteiger partial charge in [0.2, 0.25) is 0 Å². The Balaban J connectivity index is 1.63. The SMILES string of the molecule is CCOC(=O)C1=C(C)N=c2s/c(=C\c3cc(Br)cc(I)c3OCc3ccccc3Cl)c(=O)n2[C@H]1c1cccs1. The van der Waals surface area contributed by atoms with Crippen LogP contribution in [0.5, 0.6) is 5.75 Å². The summed E-state index contributed by atoms with van der Waals surface area (Å²) < 4.78 is 15.4. The Morgan fingerprint density at radius 3 is 2.77 bits per heavy atom. The Bertz CT molecular complexity index is 1780. The second kappa shape index (κ2) is 12.1. The van der Waals surface area contributed by atoms with Gasteiger partial charge in [0, 0.05) is 25.5 Å². The van der Waals surface area contributed by atoms with Gasteiger partial charge in [0.25, 0.3) is 5.56 Å². The third-order valence-corrected chi connectivity index (χ3v) is 9.52. The molecule has 0 fully saturated rings. The fraction of sp³-hybridized carbons (Fsp3) is 0.179. The third kappa shape index (κ3) is 5.81. The number of allylic oxidation sites excluding steroid dienone is 1. The number of ether oxygens (including phenoxy) is 2. The fourth-order valence-corrected chi connectivity index (χ4v) is 8.01. The van der Waals surface area contributed by atoms with Crippen molar-refractivity contribution in [1.82, 2.24) is 4.57 Å². The number of halogens is 3. The van der Waals surface area contributed by atoms with Crippen LogP contribution in [0, 0.1) is 3.57 Å². The summed E-state index contributed by atoms with van der Waals surface area (Å²) in [5.41, 5.74) is 2.28. The molecule has 0 radical (unpaired) electrons. The van der Waals surface area contributed by atoms with Gasteiger partial charge in [0.1, 0.15) is 18.4 Å².